The molecule has 0 aromatic heterocycles. The minimum Gasteiger partial charge on any atom is -0.392 e. The number of nitrogens with zero attached hydrogens (tertiary/aromatic N) is 1. The number of rotatable bonds is 2. The molecule has 1 aliphatic rings. The lowest BCUT2D eigenvalue weighted by atomic mass is 10.2. The van der Waals surface area contributed by atoms with Gasteiger partial charge in [-0.05, 0) is 31.9 Å². The Balaban J connectivity index is 2.38. The van der Waals surface area contributed by atoms with Crippen LogP contribution in [-0.2, 0) is 10.0 Å². The Morgan fingerprint density at radius 3 is 2.59 bits per heavy atom. The second-order valence-corrected chi connectivity index (χ2v) is 6.48. The normalized spacial score (nSPS) is 21.9. The zero-order valence-corrected chi connectivity index (χ0v) is 10.9. The monoisotopic (exact) mass is 255 g/mol. The number of aliphatic hydroxyl groups is 1. The van der Waals surface area contributed by atoms with Gasteiger partial charge in [0.25, 0.3) is 0 Å². The topological polar surface area (TPSA) is 57.6 Å². The van der Waals surface area contributed by atoms with Gasteiger partial charge in [0, 0.05) is 13.1 Å². The molecule has 94 valence electrons. The first-order valence-electron chi connectivity index (χ1n) is 5.67. The molecule has 0 radical (unpaired) electrons. The molecule has 1 fully saturated rings. The van der Waals surface area contributed by atoms with E-state index in [9.17, 15) is 13.5 Å². The van der Waals surface area contributed by atoms with Crippen molar-refractivity contribution in [2.75, 3.05) is 13.1 Å². The summed E-state index contributed by atoms with van der Waals surface area (Å²) >= 11 is 0. The Morgan fingerprint density at radius 2 is 2.06 bits per heavy atom. The van der Waals surface area contributed by atoms with Gasteiger partial charge in [-0.15, -0.1) is 0 Å². The maximum atomic E-state index is 12.3. The van der Waals surface area contributed by atoms with Crippen LogP contribution in [0.4, 0.5) is 0 Å². The molecule has 17 heavy (non-hydrogen) atoms. The molecule has 5 heteroatoms. The third-order valence-electron chi connectivity index (χ3n) is 3.07. The third kappa shape index (κ3) is 2.36. The molecule has 1 aromatic rings. The molecule has 1 aromatic carbocycles. The van der Waals surface area contributed by atoms with Crippen molar-refractivity contribution in [2.24, 2.45) is 0 Å². The summed E-state index contributed by atoms with van der Waals surface area (Å²) in [5.41, 5.74) is 1.80. The zero-order valence-electron chi connectivity index (χ0n) is 10.0. The van der Waals surface area contributed by atoms with Crippen molar-refractivity contribution < 1.29 is 13.5 Å². The molecule has 1 atom stereocenters. The number of hydrogen-bond donors (Lipinski definition) is 1. The molecule has 0 aliphatic carbocycles. The van der Waals surface area contributed by atoms with E-state index in [0.717, 1.165) is 11.1 Å². The van der Waals surface area contributed by atoms with E-state index in [4.69, 9.17) is 0 Å². The number of β-amino-alcohol motifs (C(OH)–C–C–N with tert-alkyl or cyclic N) is 1. The Morgan fingerprint density at radius 1 is 1.35 bits per heavy atom. The standard InChI is InChI=1S/C12H17NO3S/c1-9-3-4-12(10(2)7-9)17(15,16)13-6-5-11(14)8-13/h3-4,7,11,14H,5-6,8H2,1-2H3. The average Bonchev–Trinajstić information content (AvgIpc) is 2.64. The Bertz CT molecular complexity index is 525. The van der Waals surface area contributed by atoms with Crippen LogP contribution >= 0.6 is 0 Å². The highest BCUT2D eigenvalue weighted by Gasteiger charge is 2.32. The fourth-order valence-electron chi connectivity index (χ4n) is 2.16. The summed E-state index contributed by atoms with van der Waals surface area (Å²) in [7, 11) is -3.45. The molecule has 1 N–H and O–H groups in total. The smallest absolute Gasteiger partial charge is 0.243 e. The van der Waals surface area contributed by atoms with Crippen molar-refractivity contribution in [2.45, 2.75) is 31.3 Å². The van der Waals surface area contributed by atoms with E-state index in [1.165, 1.54) is 4.31 Å². The van der Waals surface area contributed by atoms with E-state index >= 15 is 0 Å². The van der Waals surface area contributed by atoms with Crippen molar-refractivity contribution in [3.8, 4) is 0 Å². The van der Waals surface area contributed by atoms with E-state index in [1.807, 2.05) is 13.0 Å². The first kappa shape index (κ1) is 12.5. The molecule has 2 rings (SSSR count). The molecular formula is C12H17NO3S. The predicted octanol–water partition coefficient (Wildman–Crippen LogP) is 1.06. The highest BCUT2D eigenvalue weighted by Crippen LogP contribution is 2.24. The van der Waals surface area contributed by atoms with Crippen LogP contribution in [-0.4, -0.2) is 37.0 Å². The van der Waals surface area contributed by atoms with Gasteiger partial charge >= 0.3 is 0 Å². The summed E-state index contributed by atoms with van der Waals surface area (Å²) in [4.78, 5) is 0.345. The lowest BCUT2D eigenvalue weighted by Gasteiger charge is -2.17. The molecule has 1 unspecified atom stereocenters. The molecule has 0 saturated carbocycles. The fraction of sp³-hybridized carbons (Fsp3) is 0.500. The molecule has 1 heterocycles. The van der Waals surface area contributed by atoms with Gasteiger partial charge in [0.05, 0.1) is 11.0 Å². The number of aliphatic hydroxyl groups excluding tert-OH is 1. The molecule has 0 amide bonds. The van der Waals surface area contributed by atoms with E-state index in [2.05, 4.69) is 0 Å². The van der Waals surface area contributed by atoms with Crippen LogP contribution in [0.1, 0.15) is 17.5 Å². The van der Waals surface area contributed by atoms with Crippen molar-refractivity contribution in [1.29, 1.82) is 0 Å². The van der Waals surface area contributed by atoms with Gasteiger partial charge in [0.1, 0.15) is 0 Å². The SMILES string of the molecule is Cc1ccc(S(=O)(=O)N2CCC(O)C2)c(C)c1. The van der Waals surface area contributed by atoms with E-state index in [0.29, 0.717) is 17.9 Å². The molecular weight excluding hydrogens is 238 g/mol. The Kier molecular flexibility index (Phi) is 3.25. The van der Waals surface area contributed by atoms with Gasteiger partial charge in [-0.2, -0.15) is 4.31 Å². The van der Waals surface area contributed by atoms with Gasteiger partial charge in [0.15, 0.2) is 0 Å². The maximum absolute atomic E-state index is 12.3. The number of sulfonamides is 1. The summed E-state index contributed by atoms with van der Waals surface area (Å²) in [5.74, 6) is 0. The third-order valence-corrected chi connectivity index (χ3v) is 5.10. The minimum atomic E-state index is -3.45. The second kappa shape index (κ2) is 4.40. The van der Waals surface area contributed by atoms with Gasteiger partial charge in [0.2, 0.25) is 10.0 Å². The molecule has 4 nitrogen and oxygen atoms in total. The minimum absolute atomic E-state index is 0.204. The lowest BCUT2D eigenvalue weighted by Crippen LogP contribution is -2.30. The van der Waals surface area contributed by atoms with Crippen LogP contribution in [0.15, 0.2) is 23.1 Å². The quantitative estimate of drug-likeness (QED) is 0.859. The lowest BCUT2D eigenvalue weighted by molar-refractivity contribution is 0.189. The van der Waals surface area contributed by atoms with Crippen LogP contribution in [0.2, 0.25) is 0 Å². The van der Waals surface area contributed by atoms with Crippen molar-refractivity contribution in [1.82, 2.24) is 4.31 Å². The van der Waals surface area contributed by atoms with Crippen molar-refractivity contribution in [3.63, 3.8) is 0 Å². The van der Waals surface area contributed by atoms with Gasteiger partial charge < -0.3 is 5.11 Å². The number of benzene rings is 1. The Labute approximate surface area is 102 Å². The second-order valence-electron chi connectivity index (χ2n) is 4.57. The fourth-order valence-corrected chi connectivity index (χ4v) is 3.85. The molecule has 0 bridgehead atoms. The van der Waals surface area contributed by atoms with E-state index in [-0.39, 0.29) is 6.54 Å². The van der Waals surface area contributed by atoms with Crippen LogP contribution in [0.5, 0.6) is 0 Å². The van der Waals surface area contributed by atoms with Gasteiger partial charge in [-0.3, -0.25) is 0 Å². The first-order valence-corrected chi connectivity index (χ1v) is 7.11. The van der Waals surface area contributed by atoms with Crippen LogP contribution in [0.25, 0.3) is 0 Å². The first-order chi connectivity index (χ1) is 7.91. The molecule has 1 saturated heterocycles. The summed E-state index contributed by atoms with van der Waals surface area (Å²) < 4.78 is 26.0. The highest BCUT2D eigenvalue weighted by molar-refractivity contribution is 7.89. The maximum Gasteiger partial charge on any atom is 0.243 e. The largest absolute Gasteiger partial charge is 0.392 e. The van der Waals surface area contributed by atoms with Crippen LogP contribution in [0.3, 0.4) is 0 Å². The molecule has 1 aliphatic heterocycles. The van der Waals surface area contributed by atoms with Crippen LogP contribution in [0, 0.1) is 13.8 Å². The number of hydrogen-bond acceptors (Lipinski definition) is 3. The predicted molar refractivity (Wildman–Crippen MR) is 65.3 cm³/mol. The summed E-state index contributed by atoms with van der Waals surface area (Å²) in [6.07, 6.45) is -0.0139. The summed E-state index contributed by atoms with van der Waals surface area (Å²) in [5, 5.41) is 9.42. The zero-order chi connectivity index (χ0) is 12.6. The number of aryl methyl sites for hydroxylation is 2. The molecule has 0 spiro atoms. The summed E-state index contributed by atoms with van der Waals surface area (Å²) in [6.45, 7) is 4.34. The van der Waals surface area contributed by atoms with Crippen molar-refractivity contribution >= 4 is 10.0 Å². The summed E-state index contributed by atoms with van der Waals surface area (Å²) in [6, 6.07) is 5.30. The van der Waals surface area contributed by atoms with Gasteiger partial charge in [-0.25, -0.2) is 8.42 Å². The van der Waals surface area contributed by atoms with E-state index in [1.54, 1.807) is 19.1 Å². The van der Waals surface area contributed by atoms with Gasteiger partial charge in [-0.1, -0.05) is 17.7 Å². The Hall–Kier alpha value is -0.910. The average molecular weight is 255 g/mol. The van der Waals surface area contributed by atoms with Crippen molar-refractivity contribution in [3.05, 3.63) is 29.3 Å². The highest BCUT2D eigenvalue weighted by atomic mass is 32.2. The van der Waals surface area contributed by atoms with Crippen LogP contribution < -0.4 is 0 Å². The van der Waals surface area contributed by atoms with E-state index < -0.39 is 16.1 Å².